The maximum absolute atomic E-state index is 12.8. The van der Waals surface area contributed by atoms with Crippen molar-refractivity contribution in [1.82, 2.24) is 0 Å². The normalized spacial score (nSPS) is 14.7. The number of benzene rings is 1. The van der Waals surface area contributed by atoms with Gasteiger partial charge < -0.3 is 10.2 Å². The van der Waals surface area contributed by atoms with Crippen LogP contribution in [-0.4, -0.2) is 33.9 Å². The maximum atomic E-state index is 12.8. The summed E-state index contributed by atoms with van der Waals surface area (Å²) < 4.78 is 77.0. The average molecular weight is 397 g/mol. The SMILES string of the molecule is C=C[C@](CCC(=O)O)(N=Cc1cc(C(F)(F)F)cc(C(F)(F)F)c1)C(=O)O. The summed E-state index contributed by atoms with van der Waals surface area (Å²) in [6.07, 6.45) is -10.1. The Balaban J connectivity index is 3.44. The van der Waals surface area contributed by atoms with E-state index in [9.17, 15) is 41.0 Å². The predicted molar refractivity (Wildman–Crippen MR) is 81.5 cm³/mol. The lowest BCUT2D eigenvalue weighted by Gasteiger charge is -2.20. The van der Waals surface area contributed by atoms with Gasteiger partial charge >= 0.3 is 24.3 Å². The summed E-state index contributed by atoms with van der Waals surface area (Å²) in [4.78, 5) is 25.6. The topological polar surface area (TPSA) is 87.0 Å². The minimum atomic E-state index is -5.07. The first kappa shape index (κ1) is 22.2. The van der Waals surface area contributed by atoms with Gasteiger partial charge in [0.25, 0.3) is 0 Å². The van der Waals surface area contributed by atoms with E-state index in [1.165, 1.54) is 0 Å². The number of aliphatic imine (C=N–C) groups is 1. The first-order valence-corrected chi connectivity index (χ1v) is 7.15. The van der Waals surface area contributed by atoms with Crippen molar-refractivity contribution in [2.75, 3.05) is 0 Å². The van der Waals surface area contributed by atoms with Crippen molar-refractivity contribution < 1.29 is 46.1 Å². The van der Waals surface area contributed by atoms with Crippen molar-refractivity contribution >= 4 is 18.2 Å². The molecular formula is C16H13F6NO4. The first-order valence-electron chi connectivity index (χ1n) is 7.15. The van der Waals surface area contributed by atoms with Crippen molar-refractivity contribution in [1.29, 1.82) is 0 Å². The minimum Gasteiger partial charge on any atom is -0.481 e. The van der Waals surface area contributed by atoms with Crippen molar-refractivity contribution in [3.8, 4) is 0 Å². The van der Waals surface area contributed by atoms with Crippen LogP contribution >= 0.6 is 0 Å². The van der Waals surface area contributed by atoms with Gasteiger partial charge in [0.05, 0.1) is 11.1 Å². The molecule has 0 aromatic heterocycles. The number of nitrogens with zero attached hydrogens (tertiary/aromatic N) is 1. The van der Waals surface area contributed by atoms with Crippen molar-refractivity contribution in [3.63, 3.8) is 0 Å². The second-order valence-corrected chi connectivity index (χ2v) is 5.42. The monoisotopic (exact) mass is 397 g/mol. The van der Waals surface area contributed by atoms with E-state index in [4.69, 9.17) is 5.11 Å². The van der Waals surface area contributed by atoms with Crippen LogP contribution in [0.15, 0.2) is 35.8 Å². The summed E-state index contributed by atoms with van der Waals surface area (Å²) in [6.45, 7) is 3.21. The Bertz CT molecular complexity index is 737. The molecule has 0 radical (unpaired) electrons. The number of rotatable bonds is 7. The summed E-state index contributed by atoms with van der Waals surface area (Å²) in [6, 6.07) is 0.650. The van der Waals surface area contributed by atoms with Crippen LogP contribution in [0.3, 0.4) is 0 Å². The third-order valence-electron chi connectivity index (χ3n) is 3.48. The highest BCUT2D eigenvalue weighted by molar-refractivity contribution is 5.88. The van der Waals surface area contributed by atoms with E-state index >= 15 is 0 Å². The zero-order valence-electron chi connectivity index (χ0n) is 13.4. The van der Waals surface area contributed by atoms with Crippen LogP contribution in [0, 0.1) is 0 Å². The Labute approximate surface area is 148 Å². The molecule has 0 amide bonds. The number of carboxylic acid groups (broad SMARTS) is 2. The van der Waals surface area contributed by atoms with E-state index in [1.807, 2.05) is 0 Å². The summed E-state index contributed by atoms with van der Waals surface area (Å²) in [5.41, 5.74) is -6.06. The molecule has 0 aliphatic rings. The average Bonchev–Trinajstić information content (AvgIpc) is 2.53. The van der Waals surface area contributed by atoms with Crippen LogP contribution in [0.25, 0.3) is 0 Å². The van der Waals surface area contributed by atoms with Crippen LogP contribution in [0.4, 0.5) is 26.3 Å². The van der Waals surface area contributed by atoms with E-state index in [0.29, 0.717) is 18.3 Å². The van der Waals surface area contributed by atoms with E-state index in [1.54, 1.807) is 0 Å². The molecule has 0 aliphatic carbocycles. The lowest BCUT2D eigenvalue weighted by atomic mass is 9.94. The van der Waals surface area contributed by atoms with Gasteiger partial charge in [-0.1, -0.05) is 6.08 Å². The van der Waals surface area contributed by atoms with Crippen LogP contribution in [0.2, 0.25) is 0 Å². The van der Waals surface area contributed by atoms with E-state index in [0.717, 1.165) is 6.08 Å². The van der Waals surface area contributed by atoms with E-state index < -0.39 is 59.4 Å². The molecule has 0 unspecified atom stereocenters. The lowest BCUT2D eigenvalue weighted by molar-refractivity contribution is -0.144. The zero-order chi connectivity index (χ0) is 21.0. The Morgan fingerprint density at radius 3 is 1.81 bits per heavy atom. The molecule has 1 aromatic carbocycles. The van der Waals surface area contributed by atoms with Crippen molar-refractivity contribution in [2.24, 2.45) is 4.99 Å². The highest BCUT2D eigenvalue weighted by atomic mass is 19.4. The number of carbonyl (C=O) groups is 2. The Morgan fingerprint density at radius 2 is 1.48 bits per heavy atom. The van der Waals surface area contributed by atoms with Crippen LogP contribution in [-0.2, 0) is 21.9 Å². The molecule has 148 valence electrons. The molecule has 1 rings (SSSR count). The fourth-order valence-electron chi connectivity index (χ4n) is 2.01. The molecule has 27 heavy (non-hydrogen) atoms. The lowest BCUT2D eigenvalue weighted by Crippen LogP contribution is -2.35. The molecule has 11 heteroatoms. The molecule has 5 nitrogen and oxygen atoms in total. The minimum absolute atomic E-state index is 0.0836. The fraction of sp³-hybridized carbons (Fsp3) is 0.312. The van der Waals surface area contributed by atoms with Crippen LogP contribution < -0.4 is 0 Å². The number of alkyl halides is 6. The molecule has 0 saturated heterocycles. The Hall–Kier alpha value is -2.85. The maximum Gasteiger partial charge on any atom is 0.416 e. The highest BCUT2D eigenvalue weighted by Gasteiger charge is 2.37. The quantitative estimate of drug-likeness (QED) is 0.413. The van der Waals surface area contributed by atoms with Gasteiger partial charge in [-0.2, -0.15) is 26.3 Å². The molecule has 0 saturated carbocycles. The van der Waals surface area contributed by atoms with Crippen molar-refractivity contribution in [3.05, 3.63) is 47.5 Å². The van der Waals surface area contributed by atoms with Gasteiger partial charge in [-0.3, -0.25) is 9.79 Å². The second kappa shape index (κ2) is 7.80. The third kappa shape index (κ3) is 5.83. The van der Waals surface area contributed by atoms with Crippen LogP contribution in [0.1, 0.15) is 29.5 Å². The number of halogens is 6. The van der Waals surface area contributed by atoms with Gasteiger partial charge in [0.15, 0.2) is 5.54 Å². The predicted octanol–water partition coefficient (Wildman–Crippen LogP) is 4.02. The van der Waals surface area contributed by atoms with Gasteiger partial charge in [0.1, 0.15) is 0 Å². The Kier molecular flexibility index (Phi) is 6.41. The molecular weight excluding hydrogens is 384 g/mol. The molecule has 0 fully saturated rings. The number of carboxylic acids is 2. The summed E-state index contributed by atoms with van der Waals surface area (Å²) >= 11 is 0. The van der Waals surface area contributed by atoms with Gasteiger partial charge in [-0.05, 0) is 30.2 Å². The van der Waals surface area contributed by atoms with Gasteiger partial charge in [0.2, 0.25) is 0 Å². The third-order valence-corrected chi connectivity index (χ3v) is 3.48. The van der Waals surface area contributed by atoms with E-state index in [-0.39, 0.29) is 6.07 Å². The first-order chi connectivity index (χ1) is 12.2. The standard InChI is InChI=1S/C16H13F6NO4/c1-2-14(13(26)27,4-3-12(24)25)23-8-9-5-10(15(17,18)19)7-11(6-9)16(20,21)22/h2,5-8H,1,3-4H2,(H,24,25)(H,26,27)/t14-/m1/s1. The van der Waals surface area contributed by atoms with Gasteiger partial charge in [-0.15, -0.1) is 6.58 Å². The molecule has 0 heterocycles. The van der Waals surface area contributed by atoms with Gasteiger partial charge in [0, 0.05) is 12.6 Å². The molecule has 2 N–H and O–H groups in total. The van der Waals surface area contributed by atoms with Gasteiger partial charge in [-0.25, -0.2) is 4.79 Å². The second-order valence-electron chi connectivity index (χ2n) is 5.42. The van der Waals surface area contributed by atoms with E-state index in [2.05, 4.69) is 11.6 Å². The molecule has 0 bridgehead atoms. The molecule has 1 aromatic rings. The number of hydrogen-bond donors (Lipinski definition) is 2. The van der Waals surface area contributed by atoms with Crippen LogP contribution in [0.5, 0.6) is 0 Å². The molecule has 0 spiro atoms. The largest absolute Gasteiger partial charge is 0.481 e. The smallest absolute Gasteiger partial charge is 0.416 e. The summed E-state index contributed by atoms with van der Waals surface area (Å²) in [5.74, 6) is -3.02. The number of aliphatic carboxylic acids is 2. The number of hydrogen-bond acceptors (Lipinski definition) is 3. The Morgan fingerprint density at radius 1 is 1.00 bits per heavy atom. The summed E-state index contributed by atoms with van der Waals surface area (Å²) in [7, 11) is 0. The highest BCUT2D eigenvalue weighted by Crippen LogP contribution is 2.36. The molecule has 0 aliphatic heterocycles. The van der Waals surface area contributed by atoms with Crippen molar-refractivity contribution in [2.45, 2.75) is 30.7 Å². The fourth-order valence-corrected chi connectivity index (χ4v) is 2.01. The molecule has 1 atom stereocenters. The summed E-state index contributed by atoms with van der Waals surface area (Å²) in [5, 5.41) is 17.9. The zero-order valence-corrected chi connectivity index (χ0v) is 13.4.